The van der Waals surface area contributed by atoms with Crippen molar-refractivity contribution in [1.29, 1.82) is 5.41 Å². The van der Waals surface area contributed by atoms with Gasteiger partial charge in [0.1, 0.15) is 0 Å². The topological polar surface area (TPSA) is 83.8 Å². The van der Waals surface area contributed by atoms with Crippen LogP contribution in [-0.4, -0.2) is 29.6 Å². The first-order valence-corrected chi connectivity index (χ1v) is 11.2. The van der Waals surface area contributed by atoms with E-state index in [9.17, 15) is 13.6 Å². The Kier molecular flexibility index (Phi) is 7.41. The highest BCUT2D eigenvalue weighted by Crippen LogP contribution is 2.52. The van der Waals surface area contributed by atoms with Gasteiger partial charge in [0.15, 0.2) is 0 Å². The number of hydrogen-bond donors (Lipinski definition) is 2. The van der Waals surface area contributed by atoms with Crippen molar-refractivity contribution in [3.63, 3.8) is 0 Å². The van der Waals surface area contributed by atoms with Crippen LogP contribution in [0.15, 0.2) is 46.7 Å². The van der Waals surface area contributed by atoms with Crippen molar-refractivity contribution >= 4 is 52.4 Å². The van der Waals surface area contributed by atoms with Crippen LogP contribution in [0.3, 0.4) is 0 Å². The van der Waals surface area contributed by atoms with E-state index in [1.165, 1.54) is 18.2 Å². The first-order valence-electron chi connectivity index (χ1n) is 10.1. The minimum atomic E-state index is -3.82. The van der Waals surface area contributed by atoms with Crippen LogP contribution in [0.25, 0.3) is 0 Å². The summed E-state index contributed by atoms with van der Waals surface area (Å²) in [6.45, 7) is 5.56. The van der Waals surface area contributed by atoms with Crippen molar-refractivity contribution in [2.24, 2.45) is 17.0 Å². The van der Waals surface area contributed by atoms with Crippen LogP contribution in [0.1, 0.15) is 32.8 Å². The van der Waals surface area contributed by atoms with Crippen molar-refractivity contribution in [3.05, 3.63) is 57.1 Å². The highest BCUT2D eigenvalue weighted by atomic mass is 35.5. The number of ether oxygens (including phenoxy) is 1. The van der Waals surface area contributed by atoms with Gasteiger partial charge in [0.2, 0.25) is 5.60 Å². The highest BCUT2D eigenvalue weighted by molar-refractivity contribution is 6.34. The lowest BCUT2D eigenvalue weighted by molar-refractivity contribution is -0.155. The van der Waals surface area contributed by atoms with E-state index in [4.69, 9.17) is 49.8 Å². The summed E-state index contributed by atoms with van der Waals surface area (Å²) in [4.78, 5) is 17.8. The van der Waals surface area contributed by atoms with E-state index in [0.29, 0.717) is 16.9 Å². The van der Waals surface area contributed by atoms with Crippen LogP contribution < -0.4 is 5.32 Å². The maximum Gasteiger partial charge on any atom is 0.367 e. The molecule has 1 aromatic rings. The number of amides is 1. The molecule has 1 aliphatic carbocycles. The smallest absolute Gasteiger partial charge is 0.367 e. The minimum Gasteiger partial charge on any atom is -0.465 e. The molecule has 3 rings (SSSR count). The molecule has 178 valence electrons. The Balaban J connectivity index is 1.86. The quantitative estimate of drug-likeness (QED) is 0.283. The van der Waals surface area contributed by atoms with Gasteiger partial charge in [-0.25, -0.2) is 0 Å². The number of alkyl halides is 3. The van der Waals surface area contributed by atoms with Gasteiger partial charge in [-0.1, -0.05) is 53.0 Å². The highest BCUT2D eigenvalue weighted by Gasteiger charge is 2.61. The summed E-state index contributed by atoms with van der Waals surface area (Å²) in [7, 11) is 0. The maximum atomic E-state index is 14.7. The zero-order valence-electron chi connectivity index (χ0n) is 18.0. The summed E-state index contributed by atoms with van der Waals surface area (Å²) in [5.41, 5.74) is -0.872. The molecule has 1 aromatic carbocycles. The van der Waals surface area contributed by atoms with Gasteiger partial charge in [-0.15, -0.1) is 0 Å². The zero-order chi connectivity index (χ0) is 24.6. The van der Waals surface area contributed by atoms with Crippen LogP contribution in [0, 0.1) is 17.2 Å². The number of allylic oxidation sites excluding steroid dienone is 2. The molecular formula is C22H22Cl3F2N3O3. The van der Waals surface area contributed by atoms with Gasteiger partial charge in [-0.3, -0.25) is 15.5 Å². The average Bonchev–Trinajstić information content (AvgIpc) is 3.16. The molecule has 3 unspecified atom stereocenters. The number of rotatable bonds is 5. The Morgan fingerprint density at radius 3 is 2.58 bits per heavy atom. The fraction of sp³-hybridized carbons (Fsp3) is 0.409. The van der Waals surface area contributed by atoms with Gasteiger partial charge >= 0.3 is 5.38 Å². The largest absolute Gasteiger partial charge is 0.465 e. The summed E-state index contributed by atoms with van der Waals surface area (Å²) >= 11 is 17.6. The predicted octanol–water partition coefficient (Wildman–Crippen LogP) is 6.02. The van der Waals surface area contributed by atoms with E-state index < -0.39 is 22.8 Å². The van der Waals surface area contributed by atoms with Gasteiger partial charge in [0.25, 0.3) is 11.9 Å². The second kappa shape index (κ2) is 9.60. The molecule has 6 nitrogen and oxygen atoms in total. The molecule has 11 heteroatoms. The Morgan fingerprint density at radius 2 is 2.00 bits per heavy atom. The van der Waals surface area contributed by atoms with Crippen LogP contribution in [0.5, 0.6) is 0 Å². The standard InChI is InChI=1S/C22H22Cl3F2N3O3/c1-4-32-20(28)29-19(31)17-6-5-16(11(2)12(17)3)18-10-21(33-30-18,22(25,26)27)13-7-14(23)9-15(24)8-13/h5-9,11,16H,4,10H2,1-3H3,(H2,28,29,31). The van der Waals surface area contributed by atoms with E-state index in [1.54, 1.807) is 26.0 Å². The summed E-state index contributed by atoms with van der Waals surface area (Å²) in [5.74, 6) is -1.17. The third-order valence-corrected chi connectivity index (χ3v) is 6.54. The predicted molar refractivity (Wildman–Crippen MR) is 124 cm³/mol. The van der Waals surface area contributed by atoms with Gasteiger partial charge < -0.3 is 9.57 Å². The van der Waals surface area contributed by atoms with Crippen molar-refractivity contribution in [2.45, 2.75) is 38.2 Å². The Morgan fingerprint density at radius 1 is 1.36 bits per heavy atom. The molecule has 0 saturated carbocycles. The van der Waals surface area contributed by atoms with Gasteiger partial charge in [-0.2, -0.15) is 8.78 Å². The monoisotopic (exact) mass is 519 g/mol. The van der Waals surface area contributed by atoms with Gasteiger partial charge in [0.05, 0.1) is 12.3 Å². The first-order chi connectivity index (χ1) is 15.4. The van der Waals surface area contributed by atoms with Crippen LogP contribution in [0.2, 0.25) is 10.0 Å². The number of nitrogens with one attached hydrogen (secondary N) is 2. The van der Waals surface area contributed by atoms with E-state index in [-0.39, 0.29) is 40.6 Å². The molecule has 0 bridgehead atoms. The number of nitrogens with zero attached hydrogens (tertiary/aromatic N) is 1. The fourth-order valence-corrected chi connectivity index (χ4v) is 4.65. The average molecular weight is 521 g/mol. The lowest BCUT2D eigenvalue weighted by Gasteiger charge is -2.32. The number of amidine groups is 1. The number of carbonyl (C=O) groups excluding carboxylic acids is 1. The fourth-order valence-electron chi connectivity index (χ4n) is 3.91. The van der Waals surface area contributed by atoms with E-state index in [2.05, 4.69) is 10.5 Å². The normalized spacial score (nSPS) is 24.9. The van der Waals surface area contributed by atoms with Crippen LogP contribution >= 0.6 is 34.8 Å². The number of halogens is 5. The molecule has 0 radical (unpaired) electrons. The summed E-state index contributed by atoms with van der Waals surface area (Å²) in [6.07, 6.45) is 2.97. The second-order valence-corrected chi connectivity index (χ2v) is 9.17. The molecule has 0 saturated heterocycles. The van der Waals surface area contributed by atoms with Crippen molar-refractivity contribution in [1.82, 2.24) is 5.32 Å². The van der Waals surface area contributed by atoms with Gasteiger partial charge in [0, 0.05) is 33.5 Å². The third-order valence-electron chi connectivity index (χ3n) is 5.80. The lowest BCUT2D eigenvalue weighted by Crippen LogP contribution is -2.42. The molecule has 3 atom stereocenters. The maximum absolute atomic E-state index is 14.7. The molecule has 33 heavy (non-hydrogen) atoms. The lowest BCUT2D eigenvalue weighted by atomic mass is 9.75. The number of hydrogen-bond acceptors (Lipinski definition) is 5. The van der Waals surface area contributed by atoms with E-state index in [1.807, 2.05) is 6.92 Å². The van der Waals surface area contributed by atoms with Crippen LogP contribution in [-0.2, 0) is 20.0 Å². The summed E-state index contributed by atoms with van der Waals surface area (Å²) in [5, 5.41) is 10.5. The van der Waals surface area contributed by atoms with Crippen LogP contribution in [0.4, 0.5) is 8.78 Å². The molecule has 2 aliphatic rings. The van der Waals surface area contributed by atoms with E-state index in [0.717, 1.165) is 0 Å². The summed E-state index contributed by atoms with van der Waals surface area (Å²) < 4.78 is 34.3. The Labute approximate surface area is 205 Å². The molecule has 0 aromatic heterocycles. The molecular weight excluding hydrogens is 499 g/mol. The molecule has 0 spiro atoms. The van der Waals surface area contributed by atoms with Gasteiger partial charge in [-0.05, 0) is 49.6 Å². The Bertz CT molecular complexity index is 1050. The number of carbonyl (C=O) groups is 1. The zero-order valence-corrected chi connectivity index (χ0v) is 20.3. The van der Waals surface area contributed by atoms with Crippen molar-refractivity contribution in [2.75, 3.05) is 6.61 Å². The first kappa shape index (κ1) is 25.5. The number of oxime groups is 1. The summed E-state index contributed by atoms with van der Waals surface area (Å²) in [6, 6.07) is 3.71. The second-order valence-electron chi connectivity index (χ2n) is 7.82. The number of benzene rings is 1. The third kappa shape index (κ3) is 5.03. The minimum absolute atomic E-state index is 0.00737. The molecule has 2 N–H and O–H groups in total. The molecule has 1 aliphatic heterocycles. The Hall–Kier alpha value is -2.16. The van der Waals surface area contributed by atoms with E-state index >= 15 is 0 Å². The molecule has 1 heterocycles. The van der Waals surface area contributed by atoms with Crippen molar-refractivity contribution in [3.8, 4) is 0 Å². The van der Waals surface area contributed by atoms with Crippen molar-refractivity contribution < 1.29 is 23.1 Å². The molecule has 1 amide bonds. The molecule has 0 fully saturated rings. The SMILES string of the molecule is CCOC(=N)NC(=O)C1=C(C)C(C)C(C2=NOC(c3cc(Cl)cc(Cl)c3)(C(F)(F)Cl)C2)C=C1.